The maximum atomic E-state index is 12.5. The van der Waals surface area contributed by atoms with Gasteiger partial charge in [-0.05, 0) is 49.4 Å². The second-order valence-corrected chi connectivity index (χ2v) is 7.71. The summed E-state index contributed by atoms with van der Waals surface area (Å²) in [6.45, 7) is 4.90. The van der Waals surface area contributed by atoms with Gasteiger partial charge in [0.25, 0.3) is 5.91 Å². The molecular weight excluding hydrogens is 388 g/mol. The molecule has 0 spiro atoms. The SMILES string of the molecule is CCCCc1c(-c2ccc(C(=O)OC)cc2)c(C(N)=O)c(C)n1CCc1ccccc1. The Kier molecular flexibility index (Phi) is 7.29. The fourth-order valence-electron chi connectivity index (χ4n) is 4.09. The standard InChI is InChI=1S/C26H30N2O3/c1-4-5-11-22-24(20-12-14-21(15-13-20)26(30)31-3)23(25(27)29)18(2)28(22)17-16-19-9-7-6-8-10-19/h6-10,12-15H,4-5,11,16-17H2,1-3H3,(H2,27,29). The largest absolute Gasteiger partial charge is 0.465 e. The minimum Gasteiger partial charge on any atom is -0.465 e. The summed E-state index contributed by atoms with van der Waals surface area (Å²) in [4.78, 5) is 24.3. The number of benzene rings is 2. The predicted molar refractivity (Wildman–Crippen MR) is 123 cm³/mol. The molecule has 0 aliphatic heterocycles. The van der Waals surface area contributed by atoms with Crippen molar-refractivity contribution in [2.45, 2.75) is 46.1 Å². The van der Waals surface area contributed by atoms with Crippen LogP contribution < -0.4 is 5.73 Å². The first-order valence-corrected chi connectivity index (χ1v) is 10.7. The molecule has 0 atom stereocenters. The van der Waals surface area contributed by atoms with E-state index >= 15 is 0 Å². The maximum Gasteiger partial charge on any atom is 0.337 e. The zero-order valence-corrected chi connectivity index (χ0v) is 18.5. The number of methoxy groups -OCH3 is 1. The fourth-order valence-corrected chi connectivity index (χ4v) is 4.09. The van der Waals surface area contributed by atoms with Gasteiger partial charge in [0.15, 0.2) is 0 Å². The summed E-state index contributed by atoms with van der Waals surface area (Å²) in [5, 5.41) is 0. The van der Waals surface area contributed by atoms with Gasteiger partial charge in [0, 0.05) is 23.5 Å². The highest BCUT2D eigenvalue weighted by molar-refractivity contribution is 6.02. The Morgan fingerprint density at radius 2 is 1.68 bits per heavy atom. The van der Waals surface area contributed by atoms with Crippen LogP contribution in [-0.2, 0) is 24.1 Å². The number of nitrogens with zero attached hydrogens (tertiary/aromatic N) is 1. The van der Waals surface area contributed by atoms with Crippen LogP contribution in [0.5, 0.6) is 0 Å². The van der Waals surface area contributed by atoms with Crippen LogP contribution in [-0.4, -0.2) is 23.6 Å². The van der Waals surface area contributed by atoms with E-state index in [0.717, 1.165) is 54.7 Å². The molecule has 2 N–H and O–H groups in total. The lowest BCUT2D eigenvalue weighted by Crippen LogP contribution is -2.14. The molecule has 5 nitrogen and oxygen atoms in total. The highest BCUT2D eigenvalue weighted by Gasteiger charge is 2.24. The predicted octanol–water partition coefficient (Wildman–Crippen LogP) is 4.93. The monoisotopic (exact) mass is 418 g/mol. The van der Waals surface area contributed by atoms with Crippen molar-refractivity contribution in [3.8, 4) is 11.1 Å². The third-order valence-electron chi connectivity index (χ3n) is 5.71. The number of carbonyl (C=O) groups excluding carboxylic acids is 2. The van der Waals surface area contributed by atoms with Gasteiger partial charge in [0.2, 0.25) is 0 Å². The smallest absolute Gasteiger partial charge is 0.337 e. The zero-order valence-electron chi connectivity index (χ0n) is 18.5. The summed E-state index contributed by atoms with van der Waals surface area (Å²) < 4.78 is 7.04. The van der Waals surface area contributed by atoms with Crippen molar-refractivity contribution < 1.29 is 14.3 Å². The van der Waals surface area contributed by atoms with Gasteiger partial charge in [-0.25, -0.2) is 4.79 Å². The average Bonchev–Trinajstić information content (AvgIpc) is 3.07. The van der Waals surface area contributed by atoms with Gasteiger partial charge in [0.1, 0.15) is 0 Å². The second kappa shape index (κ2) is 10.1. The lowest BCUT2D eigenvalue weighted by atomic mass is 9.96. The summed E-state index contributed by atoms with van der Waals surface area (Å²) in [6, 6.07) is 17.5. The Balaban J connectivity index is 2.09. The molecule has 1 amide bonds. The minimum atomic E-state index is -0.430. The Morgan fingerprint density at radius 3 is 2.26 bits per heavy atom. The molecule has 3 aromatic rings. The quantitative estimate of drug-likeness (QED) is 0.501. The van der Waals surface area contributed by atoms with Gasteiger partial charge in [-0.3, -0.25) is 4.79 Å². The van der Waals surface area contributed by atoms with Crippen molar-refractivity contribution >= 4 is 11.9 Å². The number of hydrogen-bond acceptors (Lipinski definition) is 3. The van der Waals surface area contributed by atoms with E-state index in [9.17, 15) is 9.59 Å². The molecule has 0 aliphatic carbocycles. The van der Waals surface area contributed by atoms with Crippen molar-refractivity contribution in [3.05, 3.63) is 82.7 Å². The summed E-state index contributed by atoms with van der Waals surface area (Å²) in [5.74, 6) is -0.815. The van der Waals surface area contributed by atoms with Gasteiger partial charge >= 0.3 is 5.97 Å². The van der Waals surface area contributed by atoms with Crippen LogP contribution in [0.4, 0.5) is 0 Å². The molecule has 5 heteroatoms. The number of aryl methyl sites for hydroxylation is 1. The third kappa shape index (κ3) is 4.88. The van der Waals surface area contributed by atoms with Crippen molar-refractivity contribution in [1.82, 2.24) is 4.57 Å². The number of hydrogen-bond donors (Lipinski definition) is 1. The van der Waals surface area contributed by atoms with E-state index < -0.39 is 5.91 Å². The Hall–Kier alpha value is -3.34. The van der Waals surface area contributed by atoms with Crippen LogP contribution in [0.3, 0.4) is 0 Å². The number of unbranched alkanes of at least 4 members (excludes halogenated alkanes) is 1. The lowest BCUT2D eigenvalue weighted by molar-refractivity contribution is 0.0600. The van der Waals surface area contributed by atoms with Gasteiger partial charge in [-0.1, -0.05) is 55.8 Å². The molecule has 2 aromatic carbocycles. The number of rotatable bonds is 9. The molecule has 1 aromatic heterocycles. The number of primary amides is 1. The number of esters is 1. The van der Waals surface area contributed by atoms with E-state index in [0.29, 0.717) is 11.1 Å². The molecule has 0 saturated carbocycles. The molecule has 0 bridgehead atoms. The minimum absolute atomic E-state index is 0.385. The number of amides is 1. The van der Waals surface area contributed by atoms with Crippen molar-refractivity contribution in [1.29, 1.82) is 0 Å². The topological polar surface area (TPSA) is 74.3 Å². The van der Waals surface area contributed by atoms with Gasteiger partial charge in [-0.2, -0.15) is 0 Å². The van der Waals surface area contributed by atoms with Crippen LogP contribution in [0.25, 0.3) is 11.1 Å². The number of carbonyl (C=O) groups is 2. The van der Waals surface area contributed by atoms with Crippen LogP contribution in [0.2, 0.25) is 0 Å². The van der Waals surface area contributed by atoms with Gasteiger partial charge in [0.05, 0.1) is 18.2 Å². The molecule has 0 saturated heterocycles. The first-order chi connectivity index (χ1) is 15.0. The van der Waals surface area contributed by atoms with E-state index in [4.69, 9.17) is 10.5 Å². The summed E-state index contributed by atoms with van der Waals surface area (Å²) in [6.07, 6.45) is 3.79. The van der Waals surface area contributed by atoms with Crippen molar-refractivity contribution in [2.24, 2.45) is 5.73 Å². The molecule has 1 heterocycles. The van der Waals surface area contributed by atoms with Crippen LogP contribution in [0, 0.1) is 6.92 Å². The normalized spacial score (nSPS) is 10.8. The molecule has 0 radical (unpaired) electrons. The van der Waals surface area contributed by atoms with E-state index in [2.05, 4.69) is 23.6 Å². The fraction of sp³-hybridized carbons (Fsp3) is 0.308. The highest BCUT2D eigenvalue weighted by Crippen LogP contribution is 2.34. The zero-order chi connectivity index (χ0) is 22.4. The summed E-state index contributed by atoms with van der Waals surface area (Å²) in [7, 11) is 1.36. The Morgan fingerprint density at radius 1 is 1.00 bits per heavy atom. The highest BCUT2D eigenvalue weighted by atomic mass is 16.5. The average molecular weight is 419 g/mol. The Labute approximate surface area is 183 Å². The molecule has 0 aliphatic rings. The van der Waals surface area contributed by atoms with Crippen LogP contribution in [0.15, 0.2) is 54.6 Å². The molecule has 3 rings (SSSR count). The molecule has 0 unspecified atom stereocenters. The maximum absolute atomic E-state index is 12.5. The van der Waals surface area contributed by atoms with E-state index in [1.807, 2.05) is 37.3 Å². The van der Waals surface area contributed by atoms with Crippen molar-refractivity contribution in [3.63, 3.8) is 0 Å². The van der Waals surface area contributed by atoms with E-state index in [-0.39, 0.29) is 5.97 Å². The van der Waals surface area contributed by atoms with Crippen LogP contribution >= 0.6 is 0 Å². The van der Waals surface area contributed by atoms with E-state index in [1.165, 1.54) is 12.7 Å². The molecule has 0 fully saturated rings. The molecule has 162 valence electrons. The first kappa shape index (κ1) is 22.3. The number of nitrogens with two attached hydrogens (primary N) is 1. The van der Waals surface area contributed by atoms with Gasteiger partial charge < -0.3 is 15.0 Å². The van der Waals surface area contributed by atoms with E-state index in [1.54, 1.807) is 12.1 Å². The summed E-state index contributed by atoms with van der Waals surface area (Å²) in [5.41, 5.74) is 11.9. The van der Waals surface area contributed by atoms with Gasteiger partial charge in [-0.15, -0.1) is 0 Å². The third-order valence-corrected chi connectivity index (χ3v) is 5.71. The van der Waals surface area contributed by atoms with Crippen LogP contribution in [0.1, 0.15) is 57.4 Å². The second-order valence-electron chi connectivity index (χ2n) is 7.71. The lowest BCUT2D eigenvalue weighted by Gasteiger charge is -2.13. The molecule has 31 heavy (non-hydrogen) atoms. The van der Waals surface area contributed by atoms with Crippen molar-refractivity contribution in [2.75, 3.05) is 7.11 Å². The molecular formula is C26H30N2O3. The number of aromatic nitrogens is 1. The summed E-state index contributed by atoms with van der Waals surface area (Å²) >= 11 is 0. The Bertz CT molecular complexity index is 1050. The number of ether oxygens (including phenoxy) is 1. The first-order valence-electron chi connectivity index (χ1n) is 10.7.